The van der Waals surface area contributed by atoms with Crippen molar-refractivity contribution < 1.29 is 39.8 Å². The number of carbonyl (C=O) groups is 1. The molecular formula is C66H129NO8. The minimum Gasteiger partial charge on any atom is -0.394 e. The van der Waals surface area contributed by atoms with Gasteiger partial charge in [0.05, 0.1) is 25.4 Å². The number of aliphatic hydroxyl groups is 5. The predicted octanol–water partition coefficient (Wildman–Crippen LogP) is 17.5. The van der Waals surface area contributed by atoms with Crippen molar-refractivity contribution in [3.63, 3.8) is 0 Å². The Kier molecular flexibility index (Phi) is 53.9. The summed E-state index contributed by atoms with van der Waals surface area (Å²) in [6.45, 7) is 3.84. The Labute approximate surface area is 465 Å². The van der Waals surface area contributed by atoms with Crippen LogP contribution in [0.4, 0.5) is 0 Å². The Bertz CT molecular complexity index is 1190. The molecule has 1 heterocycles. The van der Waals surface area contributed by atoms with Crippen LogP contribution in [0, 0.1) is 0 Å². The standard InChI is InChI=1S/C66H129NO8/c1-3-5-7-9-11-13-15-17-19-21-23-25-27-28-29-30-31-32-34-36-38-40-42-44-46-48-50-52-54-56-62(70)67-59(58-74-66-65(73)64(72)63(71)61(57-68)75-66)60(69)55-53-51-49-47-45-43-41-39-37-35-33-26-24-22-20-18-16-14-12-10-8-6-4-2/h53,55,59-61,63-66,68-69,71-73H,3-52,54,56-58H2,1-2H3,(H,67,70)/b55-53+. The highest BCUT2D eigenvalue weighted by molar-refractivity contribution is 5.76. The van der Waals surface area contributed by atoms with Crippen LogP contribution < -0.4 is 5.32 Å². The Hall–Kier alpha value is -1.07. The molecular weight excluding hydrogens is 935 g/mol. The summed E-state index contributed by atoms with van der Waals surface area (Å²) >= 11 is 0. The molecule has 7 unspecified atom stereocenters. The lowest BCUT2D eigenvalue weighted by molar-refractivity contribution is -0.302. The molecule has 1 aliphatic rings. The fraction of sp³-hybridized carbons (Fsp3) is 0.955. The first-order valence-electron chi connectivity index (χ1n) is 33.4. The summed E-state index contributed by atoms with van der Waals surface area (Å²) in [4.78, 5) is 13.1. The van der Waals surface area contributed by atoms with Crippen LogP contribution in [0.2, 0.25) is 0 Å². The van der Waals surface area contributed by atoms with Crippen molar-refractivity contribution in [1.29, 1.82) is 0 Å². The zero-order valence-corrected chi connectivity index (χ0v) is 49.8. The molecule has 1 aliphatic heterocycles. The maximum absolute atomic E-state index is 13.1. The molecule has 0 aromatic carbocycles. The summed E-state index contributed by atoms with van der Waals surface area (Å²) < 4.78 is 11.3. The van der Waals surface area contributed by atoms with Crippen LogP contribution in [-0.4, -0.2) is 87.5 Å². The Morgan fingerprint density at radius 3 is 1.04 bits per heavy atom. The van der Waals surface area contributed by atoms with E-state index in [-0.39, 0.29) is 12.5 Å². The molecule has 1 saturated heterocycles. The average Bonchev–Trinajstić information content (AvgIpc) is 3.41. The van der Waals surface area contributed by atoms with Gasteiger partial charge in [-0.15, -0.1) is 0 Å². The highest BCUT2D eigenvalue weighted by Gasteiger charge is 2.44. The molecule has 9 heteroatoms. The number of allylic oxidation sites excluding steroid dienone is 1. The van der Waals surface area contributed by atoms with Gasteiger partial charge >= 0.3 is 0 Å². The lowest BCUT2D eigenvalue weighted by atomic mass is 9.99. The molecule has 1 amide bonds. The van der Waals surface area contributed by atoms with Gasteiger partial charge < -0.3 is 40.3 Å². The van der Waals surface area contributed by atoms with Gasteiger partial charge in [0.1, 0.15) is 24.4 Å². The maximum atomic E-state index is 13.1. The second-order valence-corrected chi connectivity index (χ2v) is 23.6. The third-order valence-corrected chi connectivity index (χ3v) is 16.4. The highest BCUT2D eigenvalue weighted by Crippen LogP contribution is 2.23. The normalized spacial score (nSPS) is 18.8. The van der Waals surface area contributed by atoms with Crippen molar-refractivity contribution in [3.8, 4) is 0 Å². The molecule has 1 rings (SSSR count). The SMILES string of the molecule is CCCCCCCCCCCCCCCCCCCCCCC/C=C/C(O)C(COC1OC(CO)C(O)C(O)C1O)NC(=O)CCCCCCCCCCCCCCCCCCCCCCCCCCCCCCC. The van der Waals surface area contributed by atoms with Crippen LogP contribution in [0.15, 0.2) is 12.2 Å². The molecule has 0 spiro atoms. The average molecular weight is 1060 g/mol. The minimum atomic E-state index is -1.56. The first-order chi connectivity index (χ1) is 36.8. The number of amides is 1. The third kappa shape index (κ3) is 45.4. The van der Waals surface area contributed by atoms with Crippen LogP contribution in [0.5, 0.6) is 0 Å². The van der Waals surface area contributed by atoms with Crippen LogP contribution in [0.3, 0.4) is 0 Å². The van der Waals surface area contributed by atoms with Gasteiger partial charge in [-0.25, -0.2) is 0 Å². The molecule has 7 atom stereocenters. The predicted molar refractivity (Wildman–Crippen MR) is 318 cm³/mol. The van der Waals surface area contributed by atoms with Gasteiger partial charge in [-0.05, 0) is 19.3 Å². The van der Waals surface area contributed by atoms with Crippen molar-refractivity contribution in [3.05, 3.63) is 12.2 Å². The number of rotatable bonds is 59. The Morgan fingerprint density at radius 2 is 0.733 bits per heavy atom. The highest BCUT2D eigenvalue weighted by atomic mass is 16.7. The molecule has 1 fully saturated rings. The third-order valence-electron chi connectivity index (χ3n) is 16.4. The van der Waals surface area contributed by atoms with E-state index in [1.165, 1.54) is 289 Å². The summed E-state index contributed by atoms with van der Waals surface area (Å²) in [5.74, 6) is -0.167. The Balaban J connectivity index is 2.13. The molecule has 0 aromatic rings. The fourth-order valence-corrected chi connectivity index (χ4v) is 11.1. The van der Waals surface area contributed by atoms with Crippen molar-refractivity contribution in [2.24, 2.45) is 0 Å². The Morgan fingerprint density at radius 1 is 0.440 bits per heavy atom. The smallest absolute Gasteiger partial charge is 0.220 e. The van der Waals surface area contributed by atoms with E-state index < -0.39 is 49.5 Å². The monoisotopic (exact) mass is 1060 g/mol. The van der Waals surface area contributed by atoms with E-state index in [0.29, 0.717) is 6.42 Å². The van der Waals surface area contributed by atoms with Crippen LogP contribution in [0.25, 0.3) is 0 Å². The van der Waals surface area contributed by atoms with E-state index in [1.807, 2.05) is 6.08 Å². The molecule has 0 saturated carbocycles. The van der Waals surface area contributed by atoms with Gasteiger partial charge in [-0.2, -0.15) is 0 Å². The van der Waals surface area contributed by atoms with E-state index in [1.54, 1.807) is 6.08 Å². The number of unbranched alkanes of at least 4 members (excludes halogenated alkanes) is 49. The number of hydrogen-bond acceptors (Lipinski definition) is 8. The van der Waals surface area contributed by atoms with Crippen LogP contribution >= 0.6 is 0 Å². The molecule has 0 radical (unpaired) electrons. The molecule has 6 N–H and O–H groups in total. The van der Waals surface area contributed by atoms with Gasteiger partial charge in [0.2, 0.25) is 5.91 Å². The van der Waals surface area contributed by atoms with Gasteiger partial charge in [-0.1, -0.05) is 334 Å². The summed E-state index contributed by atoms with van der Waals surface area (Å²) in [6, 6.07) is -0.801. The summed E-state index contributed by atoms with van der Waals surface area (Å²) in [5.41, 5.74) is 0. The fourth-order valence-electron chi connectivity index (χ4n) is 11.1. The quantitative estimate of drug-likeness (QED) is 0.0261. The van der Waals surface area contributed by atoms with Crippen LogP contribution in [0.1, 0.15) is 348 Å². The van der Waals surface area contributed by atoms with E-state index >= 15 is 0 Å². The molecule has 446 valence electrons. The summed E-state index contributed by atoms with van der Waals surface area (Å²) in [6.07, 6.45) is 64.5. The van der Waals surface area contributed by atoms with E-state index in [0.717, 1.165) is 38.5 Å². The first kappa shape index (κ1) is 71.9. The van der Waals surface area contributed by atoms with Gasteiger partial charge in [-0.3, -0.25) is 4.79 Å². The lowest BCUT2D eigenvalue weighted by Crippen LogP contribution is -2.60. The van der Waals surface area contributed by atoms with Crippen LogP contribution in [-0.2, 0) is 14.3 Å². The van der Waals surface area contributed by atoms with E-state index in [9.17, 15) is 30.3 Å². The molecule has 0 aliphatic carbocycles. The largest absolute Gasteiger partial charge is 0.394 e. The number of carbonyl (C=O) groups excluding carboxylic acids is 1. The zero-order chi connectivity index (χ0) is 54.3. The molecule has 9 nitrogen and oxygen atoms in total. The minimum absolute atomic E-state index is 0.167. The lowest BCUT2D eigenvalue weighted by Gasteiger charge is -2.40. The maximum Gasteiger partial charge on any atom is 0.220 e. The van der Waals surface area contributed by atoms with Gasteiger partial charge in [0, 0.05) is 6.42 Å². The number of ether oxygens (including phenoxy) is 2. The molecule has 0 bridgehead atoms. The van der Waals surface area contributed by atoms with Gasteiger partial charge in [0.25, 0.3) is 0 Å². The first-order valence-corrected chi connectivity index (χ1v) is 33.4. The van der Waals surface area contributed by atoms with E-state index in [2.05, 4.69) is 19.2 Å². The molecule has 75 heavy (non-hydrogen) atoms. The van der Waals surface area contributed by atoms with E-state index in [4.69, 9.17) is 9.47 Å². The second-order valence-electron chi connectivity index (χ2n) is 23.6. The molecule has 0 aromatic heterocycles. The number of nitrogens with one attached hydrogen (secondary N) is 1. The zero-order valence-electron chi connectivity index (χ0n) is 49.8. The number of hydrogen-bond donors (Lipinski definition) is 6. The summed E-state index contributed by atoms with van der Waals surface area (Å²) in [5, 5.41) is 54.7. The van der Waals surface area contributed by atoms with Crippen molar-refractivity contribution in [2.45, 2.75) is 391 Å². The summed E-state index contributed by atoms with van der Waals surface area (Å²) in [7, 11) is 0. The van der Waals surface area contributed by atoms with Crippen molar-refractivity contribution in [1.82, 2.24) is 5.32 Å². The van der Waals surface area contributed by atoms with Crippen molar-refractivity contribution >= 4 is 5.91 Å². The topological polar surface area (TPSA) is 149 Å². The second kappa shape index (κ2) is 56.2. The number of aliphatic hydroxyl groups excluding tert-OH is 5. The van der Waals surface area contributed by atoms with Gasteiger partial charge in [0.15, 0.2) is 6.29 Å². The van der Waals surface area contributed by atoms with Crippen molar-refractivity contribution in [2.75, 3.05) is 13.2 Å².